The Hall–Kier alpha value is -1.71. The third-order valence-corrected chi connectivity index (χ3v) is 3.90. The average molecular weight is 304 g/mol. The Morgan fingerprint density at radius 1 is 1.36 bits per heavy atom. The number of rotatable bonds is 3. The lowest BCUT2D eigenvalue weighted by Crippen LogP contribution is -2.39. The third kappa shape index (κ3) is 4.39. The third-order valence-electron chi connectivity index (χ3n) is 3.90. The van der Waals surface area contributed by atoms with Gasteiger partial charge in [-0.05, 0) is 63.8 Å². The van der Waals surface area contributed by atoms with E-state index in [2.05, 4.69) is 37.4 Å². The van der Waals surface area contributed by atoms with Gasteiger partial charge in [0.1, 0.15) is 5.60 Å². The zero-order valence-electron chi connectivity index (χ0n) is 14.4. The highest BCUT2D eigenvalue weighted by Crippen LogP contribution is 2.24. The van der Waals surface area contributed by atoms with Gasteiger partial charge in [-0.15, -0.1) is 0 Å². The summed E-state index contributed by atoms with van der Waals surface area (Å²) in [5, 5.41) is 3.49. The molecule has 0 radical (unpaired) electrons. The fourth-order valence-electron chi connectivity index (χ4n) is 2.52. The summed E-state index contributed by atoms with van der Waals surface area (Å²) in [5.41, 5.74) is 3.22. The number of hydrogen-bond acceptors (Lipinski definition) is 3. The molecule has 0 aromatic heterocycles. The average Bonchev–Trinajstić information content (AvgIpc) is 2.44. The summed E-state index contributed by atoms with van der Waals surface area (Å²) in [5.74, 6) is 0. The summed E-state index contributed by atoms with van der Waals surface area (Å²) >= 11 is 0. The fraction of sp³-hybridized carbons (Fsp3) is 0.611. The highest BCUT2D eigenvalue weighted by molar-refractivity contribution is 5.69. The number of hydrogen-bond donors (Lipinski definition) is 1. The molecule has 1 aliphatic heterocycles. The van der Waals surface area contributed by atoms with Gasteiger partial charge in [-0.2, -0.15) is 0 Å². The number of nitrogens with zero attached hydrogens (tertiary/aromatic N) is 1. The van der Waals surface area contributed by atoms with Crippen LogP contribution in [0, 0.1) is 0 Å². The van der Waals surface area contributed by atoms with Crippen molar-refractivity contribution in [3.8, 4) is 0 Å². The van der Waals surface area contributed by atoms with Crippen LogP contribution in [-0.2, 0) is 17.7 Å². The molecular formula is C18H28N2O2. The quantitative estimate of drug-likeness (QED) is 0.910. The number of carbonyl (C=O) groups excluding carboxylic acids is 1. The van der Waals surface area contributed by atoms with E-state index in [0.29, 0.717) is 12.6 Å². The first kappa shape index (κ1) is 16.7. The van der Waals surface area contributed by atoms with E-state index >= 15 is 0 Å². The van der Waals surface area contributed by atoms with Crippen molar-refractivity contribution in [2.45, 2.75) is 65.6 Å². The molecule has 4 heteroatoms. The van der Waals surface area contributed by atoms with Crippen LogP contribution in [0.3, 0.4) is 0 Å². The molecule has 0 fully saturated rings. The lowest BCUT2D eigenvalue weighted by atomic mass is 9.99. The van der Waals surface area contributed by atoms with Gasteiger partial charge in [-0.1, -0.05) is 13.0 Å². The first-order chi connectivity index (χ1) is 10.3. The van der Waals surface area contributed by atoms with Crippen LogP contribution in [0.25, 0.3) is 0 Å². The fourth-order valence-corrected chi connectivity index (χ4v) is 2.52. The Morgan fingerprint density at radius 2 is 2.09 bits per heavy atom. The molecule has 1 amide bonds. The van der Waals surface area contributed by atoms with E-state index in [1.54, 1.807) is 4.90 Å². The minimum absolute atomic E-state index is 0.224. The minimum atomic E-state index is -0.447. The van der Waals surface area contributed by atoms with Gasteiger partial charge >= 0.3 is 6.09 Å². The second-order valence-electron chi connectivity index (χ2n) is 7.09. The molecule has 1 aliphatic rings. The summed E-state index contributed by atoms with van der Waals surface area (Å²) in [6.45, 7) is 11.4. The second kappa shape index (κ2) is 6.59. The van der Waals surface area contributed by atoms with Gasteiger partial charge in [-0.25, -0.2) is 4.79 Å². The van der Waals surface area contributed by atoms with E-state index < -0.39 is 5.60 Å². The molecule has 0 spiro atoms. The number of ether oxygens (including phenoxy) is 1. The number of carbonyl (C=O) groups is 1. The lowest BCUT2D eigenvalue weighted by Gasteiger charge is -2.31. The van der Waals surface area contributed by atoms with Crippen LogP contribution in [0.15, 0.2) is 18.2 Å². The molecule has 1 unspecified atom stereocenters. The number of anilines is 1. The van der Waals surface area contributed by atoms with Crippen molar-refractivity contribution in [3.63, 3.8) is 0 Å². The Kier molecular flexibility index (Phi) is 4.99. The van der Waals surface area contributed by atoms with Crippen LogP contribution < -0.4 is 5.32 Å². The number of benzene rings is 1. The molecule has 2 rings (SSSR count). The standard InChI is InChI=1S/C18H28N2O2/c1-6-13(2)19-16-8-7-14-9-10-20(12-15(14)11-16)17(21)22-18(3,4)5/h7-8,11,13,19H,6,9-10,12H2,1-5H3. The zero-order valence-corrected chi connectivity index (χ0v) is 14.4. The molecule has 4 nitrogen and oxygen atoms in total. The van der Waals surface area contributed by atoms with Gasteiger partial charge in [0.25, 0.3) is 0 Å². The molecule has 22 heavy (non-hydrogen) atoms. The van der Waals surface area contributed by atoms with E-state index in [9.17, 15) is 4.79 Å². The molecule has 1 aromatic rings. The van der Waals surface area contributed by atoms with Gasteiger partial charge in [0, 0.05) is 24.8 Å². The molecule has 122 valence electrons. The van der Waals surface area contributed by atoms with Gasteiger partial charge in [0.05, 0.1) is 0 Å². The summed E-state index contributed by atoms with van der Waals surface area (Å²) < 4.78 is 5.48. The van der Waals surface area contributed by atoms with Gasteiger partial charge in [-0.3, -0.25) is 0 Å². The molecule has 0 saturated carbocycles. The Morgan fingerprint density at radius 3 is 2.73 bits per heavy atom. The molecule has 1 N–H and O–H groups in total. The van der Waals surface area contributed by atoms with Crippen molar-refractivity contribution >= 4 is 11.8 Å². The van der Waals surface area contributed by atoms with Crippen molar-refractivity contribution in [2.75, 3.05) is 11.9 Å². The summed E-state index contributed by atoms with van der Waals surface area (Å²) in [4.78, 5) is 14.0. The Balaban J connectivity index is 2.08. The molecule has 1 aromatic carbocycles. The van der Waals surface area contributed by atoms with Gasteiger partial charge < -0.3 is 15.0 Å². The first-order valence-corrected chi connectivity index (χ1v) is 8.14. The Labute approximate surface area is 133 Å². The highest BCUT2D eigenvalue weighted by atomic mass is 16.6. The minimum Gasteiger partial charge on any atom is -0.444 e. The molecular weight excluding hydrogens is 276 g/mol. The Bertz CT molecular complexity index is 534. The maximum Gasteiger partial charge on any atom is 0.410 e. The molecule has 0 aliphatic carbocycles. The van der Waals surface area contributed by atoms with Crippen molar-refractivity contribution < 1.29 is 9.53 Å². The number of amides is 1. The van der Waals surface area contributed by atoms with Crippen LogP contribution in [-0.4, -0.2) is 29.2 Å². The molecule has 0 bridgehead atoms. The zero-order chi connectivity index (χ0) is 16.3. The highest BCUT2D eigenvalue weighted by Gasteiger charge is 2.25. The lowest BCUT2D eigenvalue weighted by molar-refractivity contribution is 0.0224. The van der Waals surface area contributed by atoms with E-state index in [1.807, 2.05) is 20.8 Å². The van der Waals surface area contributed by atoms with Gasteiger partial charge in [0.15, 0.2) is 0 Å². The van der Waals surface area contributed by atoms with E-state index in [0.717, 1.165) is 25.1 Å². The van der Waals surface area contributed by atoms with Crippen LogP contribution in [0.5, 0.6) is 0 Å². The van der Waals surface area contributed by atoms with Crippen molar-refractivity contribution in [2.24, 2.45) is 0 Å². The van der Waals surface area contributed by atoms with E-state index in [-0.39, 0.29) is 6.09 Å². The van der Waals surface area contributed by atoms with Crippen molar-refractivity contribution in [1.29, 1.82) is 0 Å². The first-order valence-electron chi connectivity index (χ1n) is 8.14. The molecule has 1 atom stereocenters. The number of fused-ring (bicyclic) bond motifs is 1. The van der Waals surface area contributed by atoms with Crippen molar-refractivity contribution in [1.82, 2.24) is 4.90 Å². The van der Waals surface area contributed by atoms with Crippen LogP contribution in [0.4, 0.5) is 10.5 Å². The molecule has 0 saturated heterocycles. The monoisotopic (exact) mass is 304 g/mol. The van der Waals surface area contributed by atoms with Crippen LogP contribution in [0.2, 0.25) is 0 Å². The molecule has 1 heterocycles. The summed E-state index contributed by atoms with van der Waals surface area (Å²) in [6, 6.07) is 6.92. The SMILES string of the molecule is CCC(C)Nc1ccc2c(c1)CN(C(=O)OC(C)(C)C)CC2. The smallest absolute Gasteiger partial charge is 0.410 e. The number of nitrogens with one attached hydrogen (secondary N) is 1. The normalized spacial score (nSPS) is 16.0. The maximum absolute atomic E-state index is 12.2. The topological polar surface area (TPSA) is 41.6 Å². The maximum atomic E-state index is 12.2. The predicted molar refractivity (Wildman–Crippen MR) is 90.2 cm³/mol. The van der Waals surface area contributed by atoms with E-state index in [4.69, 9.17) is 4.74 Å². The summed E-state index contributed by atoms with van der Waals surface area (Å²) in [7, 11) is 0. The predicted octanol–water partition coefficient (Wildman–Crippen LogP) is 4.19. The van der Waals surface area contributed by atoms with Crippen molar-refractivity contribution in [3.05, 3.63) is 29.3 Å². The van der Waals surface area contributed by atoms with Crippen LogP contribution >= 0.6 is 0 Å². The van der Waals surface area contributed by atoms with E-state index in [1.165, 1.54) is 11.1 Å². The second-order valence-corrected chi connectivity index (χ2v) is 7.09. The largest absolute Gasteiger partial charge is 0.444 e. The summed E-state index contributed by atoms with van der Waals surface area (Å²) in [6.07, 6.45) is 1.75. The van der Waals surface area contributed by atoms with Crippen LogP contribution in [0.1, 0.15) is 52.2 Å². The van der Waals surface area contributed by atoms with Gasteiger partial charge in [0.2, 0.25) is 0 Å².